The first-order chi connectivity index (χ1) is 14.7. The van der Waals surface area contributed by atoms with Gasteiger partial charge in [0.25, 0.3) is 5.91 Å². The number of hydrogen-bond acceptors (Lipinski definition) is 7. The van der Waals surface area contributed by atoms with Gasteiger partial charge in [-0.1, -0.05) is 12.1 Å². The summed E-state index contributed by atoms with van der Waals surface area (Å²) < 4.78 is 11.2. The molecule has 0 atom stereocenters. The van der Waals surface area contributed by atoms with E-state index in [0.717, 1.165) is 43.6 Å². The predicted molar refractivity (Wildman–Crippen MR) is 115 cm³/mol. The molecule has 0 radical (unpaired) electrons. The number of aromatic nitrogens is 2. The predicted octanol–water partition coefficient (Wildman–Crippen LogP) is 2.53. The second kappa shape index (κ2) is 9.51. The number of hydrogen-bond donors (Lipinski definition) is 2. The van der Waals surface area contributed by atoms with Crippen LogP contribution in [0.1, 0.15) is 10.4 Å². The Bertz CT molecular complexity index is 1020. The molecule has 2 heterocycles. The number of carbonyl (C=O) groups excluding carboxylic acids is 1. The van der Waals surface area contributed by atoms with E-state index >= 15 is 0 Å². The van der Waals surface area contributed by atoms with Crippen molar-refractivity contribution in [1.29, 1.82) is 0 Å². The van der Waals surface area contributed by atoms with E-state index in [9.17, 15) is 4.79 Å². The van der Waals surface area contributed by atoms with Gasteiger partial charge in [-0.05, 0) is 35.0 Å². The maximum Gasteiger partial charge on any atom is 0.251 e. The Morgan fingerprint density at radius 2 is 2.03 bits per heavy atom. The summed E-state index contributed by atoms with van der Waals surface area (Å²) in [6.45, 7) is 4.77. The molecule has 3 aromatic rings. The SMILES string of the molecule is CNc1cc(Oc2ccc3c(C(=O)NCCN4CCOCC4)cccc3c2)ncn1. The van der Waals surface area contributed by atoms with Crippen molar-refractivity contribution in [3.8, 4) is 11.6 Å². The molecule has 8 heteroatoms. The normalized spacial score (nSPS) is 14.4. The van der Waals surface area contributed by atoms with E-state index in [1.807, 2.05) is 36.4 Å². The molecule has 1 amide bonds. The minimum absolute atomic E-state index is 0.0722. The standard InChI is InChI=1S/C22H25N5O3/c1-23-20-14-21(26-15-25-20)30-17-5-6-18-16(13-17)3-2-4-19(18)22(28)24-7-8-27-9-11-29-12-10-27/h2-6,13-15H,7-12H2,1H3,(H,24,28)(H,23,25,26). The van der Waals surface area contributed by atoms with E-state index in [-0.39, 0.29) is 5.91 Å². The summed E-state index contributed by atoms with van der Waals surface area (Å²) in [5.41, 5.74) is 0.653. The Hall–Kier alpha value is -3.23. The van der Waals surface area contributed by atoms with Crippen molar-refractivity contribution in [3.05, 3.63) is 54.4 Å². The molecule has 0 saturated carbocycles. The molecule has 0 bridgehead atoms. The molecule has 2 aromatic carbocycles. The maximum atomic E-state index is 12.7. The molecule has 0 unspecified atom stereocenters. The van der Waals surface area contributed by atoms with Gasteiger partial charge in [-0.2, -0.15) is 0 Å². The first-order valence-electron chi connectivity index (χ1n) is 10.0. The average Bonchev–Trinajstić information content (AvgIpc) is 2.79. The summed E-state index contributed by atoms with van der Waals surface area (Å²) in [6, 6.07) is 13.1. The number of nitrogens with zero attached hydrogens (tertiary/aromatic N) is 3. The minimum Gasteiger partial charge on any atom is -0.439 e. The lowest BCUT2D eigenvalue weighted by atomic mass is 10.0. The number of nitrogens with one attached hydrogen (secondary N) is 2. The third-order valence-electron chi connectivity index (χ3n) is 5.03. The van der Waals surface area contributed by atoms with Crippen LogP contribution in [-0.4, -0.2) is 67.2 Å². The summed E-state index contributed by atoms with van der Waals surface area (Å²) >= 11 is 0. The first kappa shape index (κ1) is 20.1. The summed E-state index contributed by atoms with van der Waals surface area (Å²) in [6.07, 6.45) is 1.45. The highest BCUT2D eigenvalue weighted by Gasteiger charge is 2.13. The van der Waals surface area contributed by atoms with Crippen molar-refractivity contribution in [3.63, 3.8) is 0 Å². The van der Waals surface area contributed by atoms with Gasteiger partial charge in [0, 0.05) is 44.9 Å². The molecule has 4 rings (SSSR count). The van der Waals surface area contributed by atoms with Gasteiger partial charge in [0.2, 0.25) is 5.88 Å². The molecular formula is C22H25N5O3. The zero-order valence-corrected chi connectivity index (χ0v) is 16.9. The number of carbonyl (C=O) groups is 1. The Morgan fingerprint density at radius 1 is 1.17 bits per heavy atom. The highest BCUT2D eigenvalue weighted by Crippen LogP contribution is 2.27. The highest BCUT2D eigenvalue weighted by atomic mass is 16.5. The van der Waals surface area contributed by atoms with E-state index in [4.69, 9.17) is 9.47 Å². The Labute approximate surface area is 175 Å². The van der Waals surface area contributed by atoms with E-state index < -0.39 is 0 Å². The lowest BCUT2D eigenvalue weighted by Crippen LogP contribution is -2.41. The van der Waals surface area contributed by atoms with E-state index in [1.54, 1.807) is 13.1 Å². The zero-order chi connectivity index (χ0) is 20.8. The number of fused-ring (bicyclic) bond motifs is 1. The second-order valence-corrected chi connectivity index (χ2v) is 6.99. The Balaban J connectivity index is 1.44. The van der Waals surface area contributed by atoms with Gasteiger partial charge in [0.1, 0.15) is 17.9 Å². The van der Waals surface area contributed by atoms with Crippen LogP contribution in [0, 0.1) is 0 Å². The fourth-order valence-electron chi connectivity index (χ4n) is 3.42. The fourth-order valence-corrected chi connectivity index (χ4v) is 3.42. The number of benzene rings is 2. The largest absolute Gasteiger partial charge is 0.439 e. The quantitative estimate of drug-likeness (QED) is 0.622. The lowest BCUT2D eigenvalue weighted by molar-refractivity contribution is 0.0383. The Kier molecular flexibility index (Phi) is 6.36. The first-order valence-corrected chi connectivity index (χ1v) is 10.0. The monoisotopic (exact) mass is 407 g/mol. The second-order valence-electron chi connectivity index (χ2n) is 6.99. The van der Waals surface area contributed by atoms with Crippen LogP contribution in [0.15, 0.2) is 48.8 Å². The topological polar surface area (TPSA) is 88.6 Å². The molecule has 2 N–H and O–H groups in total. The molecule has 1 aliphatic heterocycles. The third-order valence-corrected chi connectivity index (χ3v) is 5.03. The summed E-state index contributed by atoms with van der Waals surface area (Å²) in [4.78, 5) is 23.2. The van der Waals surface area contributed by atoms with Crippen LogP contribution >= 0.6 is 0 Å². The third kappa shape index (κ3) is 4.84. The van der Waals surface area contributed by atoms with E-state index in [1.165, 1.54) is 6.33 Å². The van der Waals surface area contributed by atoms with Crippen LogP contribution < -0.4 is 15.4 Å². The summed E-state index contributed by atoms with van der Waals surface area (Å²) in [5.74, 6) is 1.70. The van der Waals surface area contributed by atoms with Gasteiger partial charge in [-0.15, -0.1) is 0 Å². The van der Waals surface area contributed by atoms with E-state index in [2.05, 4.69) is 25.5 Å². The highest BCUT2D eigenvalue weighted by molar-refractivity contribution is 6.07. The van der Waals surface area contributed by atoms with Crippen molar-refractivity contribution >= 4 is 22.5 Å². The van der Waals surface area contributed by atoms with E-state index in [0.29, 0.717) is 29.6 Å². The summed E-state index contributed by atoms with van der Waals surface area (Å²) in [7, 11) is 1.79. The zero-order valence-electron chi connectivity index (χ0n) is 16.9. The molecular weight excluding hydrogens is 382 g/mol. The average molecular weight is 407 g/mol. The lowest BCUT2D eigenvalue weighted by Gasteiger charge is -2.26. The van der Waals surface area contributed by atoms with Gasteiger partial charge in [0.15, 0.2) is 0 Å². The number of ether oxygens (including phenoxy) is 2. The molecule has 1 saturated heterocycles. The van der Waals surface area contributed by atoms with Gasteiger partial charge < -0.3 is 20.1 Å². The molecule has 8 nitrogen and oxygen atoms in total. The van der Waals surface area contributed by atoms with Crippen LogP contribution in [-0.2, 0) is 4.74 Å². The molecule has 1 fully saturated rings. The fraction of sp³-hybridized carbons (Fsp3) is 0.318. The van der Waals surface area contributed by atoms with Crippen molar-refractivity contribution in [1.82, 2.24) is 20.2 Å². The number of amides is 1. The van der Waals surface area contributed by atoms with Gasteiger partial charge in [-0.3, -0.25) is 9.69 Å². The number of rotatable bonds is 7. The summed E-state index contributed by atoms with van der Waals surface area (Å²) in [5, 5.41) is 7.79. The van der Waals surface area contributed by atoms with Crippen LogP contribution in [0.4, 0.5) is 5.82 Å². The Morgan fingerprint density at radius 3 is 2.87 bits per heavy atom. The van der Waals surface area contributed by atoms with Crippen molar-refractivity contribution in [2.24, 2.45) is 0 Å². The van der Waals surface area contributed by atoms with Crippen molar-refractivity contribution < 1.29 is 14.3 Å². The number of morpholine rings is 1. The smallest absolute Gasteiger partial charge is 0.251 e. The molecule has 1 aromatic heterocycles. The van der Waals surface area contributed by atoms with Gasteiger partial charge >= 0.3 is 0 Å². The molecule has 156 valence electrons. The van der Waals surface area contributed by atoms with Crippen molar-refractivity contribution in [2.45, 2.75) is 0 Å². The van der Waals surface area contributed by atoms with Crippen LogP contribution in [0.3, 0.4) is 0 Å². The molecule has 30 heavy (non-hydrogen) atoms. The van der Waals surface area contributed by atoms with Crippen LogP contribution in [0.2, 0.25) is 0 Å². The number of anilines is 1. The van der Waals surface area contributed by atoms with Gasteiger partial charge in [0.05, 0.1) is 13.2 Å². The minimum atomic E-state index is -0.0722. The maximum absolute atomic E-state index is 12.7. The molecule has 1 aliphatic rings. The van der Waals surface area contributed by atoms with Crippen molar-refractivity contribution in [2.75, 3.05) is 51.8 Å². The molecule has 0 spiro atoms. The van der Waals surface area contributed by atoms with Crippen LogP contribution in [0.5, 0.6) is 11.6 Å². The van der Waals surface area contributed by atoms with Crippen LogP contribution in [0.25, 0.3) is 10.8 Å². The van der Waals surface area contributed by atoms with Gasteiger partial charge in [-0.25, -0.2) is 9.97 Å². The molecule has 0 aliphatic carbocycles.